The number of amides is 2. The van der Waals surface area contributed by atoms with E-state index >= 15 is 0 Å². The molecular formula is C28H35N5O7S2. The number of aromatic nitrogens is 1. The molecule has 1 saturated carbocycles. The minimum absolute atomic E-state index is 0.0103. The number of ketones is 1. The molecule has 12 nitrogen and oxygen atoms in total. The molecule has 0 radical (unpaired) electrons. The molecule has 3 atom stereocenters. The Morgan fingerprint density at radius 1 is 1.12 bits per heavy atom. The second-order valence-corrected chi connectivity index (χ2v) is 14.3. The Kier molecular flexibility index (Phi) is 8.78. The van der Waals surface area contributed by atoms with E-state index in [-0.39, 0.29) is 46.4 Å². The molecule has 42 heavy (non-hydrogen) atoms. The highest BCUT2D eigenvalue weighted by atomic mass is 32.2. The van der Waals surface area contributed by atoms with Crippen molar-refractivity contribution in [3.05, 3.63) is 51.5 Å². The Balaban J connectivity index is 1.31. The van der Waals surface area contributed by atoms with Gasteiger partial charge in [-0.15, -0.1) is 11.3 Å². The fraction of sp³-hybridized carbons (Fsp3) is 0.536. The summed E-state index contributed by atoms with van der Waals surface area (Å²) in [6.07, 6.45) is 3.38. The highest BCUT2D eigenvalue weighted by Crippen LogP contribution is 2.33. The van der Waals surface area contributed by atoms with E-state index < -0.39 is 51.7 Å². The van der Waals surface area contributed by atoms with Crippen molar-refractivity contribution in [2.45, 2.75) is 75.4 Å². The molecule has 3 heterocycles. The average molecular weight is 618 g/mol. The number of carbonyl (C=O) groups is 4. The van der Waals surface area contributed by atoms with Crippen molar-refractivity contribution in [3.63, 3.8) is 0 Å². The van der Waals surface area contributed by atoms with E-state index in [2.05, 4.69) is 10.3 Å². The summed E-state index contributed by atoms with van der Waals surface area (Å²) in [5.41, 5.74) is 6.93. The zero-order chi connectivity index (χ0) is 30.2. The Hall–Kier alpha value is -3.20. The fourth-order valence-corrected chi connectivity index (χ4v) is 8.66. The predicted molar refractivity (Wildman–Crippen MR) is 154 cm³/mol. The SMILES string of the molecule is Cc1nc(C(=O)[C@@H](NC(=O)[C@@H]2CC[C@H]3CN(S(=O)(=O)Cc4ccccc4)CC(=O)N32)C2CCC(N)CC2)sc1C(=O)O. The first-order valence-corrected chi connectivity index (χ1v) is 16.5. The number of fused-ring (bicyclic) bond motifs is 1. The van der Waals surface area contributed by atoms with Gasteiger partial charge in [-0.2, -0.15) is 4.31 Å². The number of nitrogens with one attached hydrogen (secondary N) is 1. The van der Waals surface area contributed by atoms with Crippen molar-refractivity contribution in [3.8, 4) is 0 Å². The summed E-state index contributed by atoms with van der Waals surface area (Å²) >= 11 is 0.786. The number of hydrogen-bond donors (Lipinski definition) is 3. The highest BCUT2D eigenvalue weighted by Gasteiger charge is 2.48. The van der Waals surface area contributed by atoms with Crippen LogP contribution in [0.3, 0.4) is 0 Å². The minimum atomic E-state index is -3.75. The normalized spacial score (nSPS) is 25.6. The summed E-state index contributed by atoms with van der Waals surface area (Å²) in [6, 6.07) is 6.54. The molecular weight excluding hydrogens is 582 g/mol. The number of piperazine rings is 1. The number of benzene rings is 1. The van der Waals surface area contributed by atoms with Crippen molar-refractivity contribution in [1.82, 2.24) is 19.5 Å². The van der Waals surface area contributed by atoms with Crippen LogP contribution < -0.4 is 11.1 Å². The number of carbonyl (C=O) groups excluding carboxylic acids is 3. The van der Waals surface area contributed by atoms with E-state index in [1.165, 1.54) is 16.1 Å². The van der Waals surface area contributed by atoms with Crippen LogP contribution in [0.5, 0.6) is 0 Å². The number of Topliss-reactive ketones (excluding diaryl/α,β-unsaturated/α-hetero) is 1. The van der Waals surface area contributed by atoms with Gasteiger partial charge in [-0.1, -0.05) is 30.3 Å². The van der Waals surface area contributed by atoms with Crippen molar-refractivity contribution >= 4 is 44.9 Å². The topological polar surface area (TPSA) is 180 Å². The van der Waals surface area contributed by atoms with Crippen molar-refractivity contribution in [1.29, 1.82) is 0 Å². The number of thiazole rings is 1. The maximum atomic E-state index is 13.7. The monoisotopic (exact) mass is 617 g/mol. The van der Waals surface area contributed by atoms with E-state index in [9.17, 15) is 32.7 Å². The molecule has 3 fully saturated rings. The second kappa shape index (κ2) is 12.2. The first-order valence-electron chi connectivity index (χ1n) is 14.1. The lowest BCUT2D eigenvalue weighted by Crippen LogP contribution is -2.61. The van der Waals surface area contributed by atoms with E-state index in [1.807, 2.05) is 0 Å². The Morgan fingerprint density at radius 2 is 1.81 bits per heavy atom. The summed E-state index contributed by atoms with van der Waals surface area (Å²) in [5.74, 6) is -2.99. The van der Waals surface area contributed by atoms with E-state index in [0.717, 1.165) is 11.3 Å². The summed E-state index contributed by atoms with van der Waals surface area (Å²) in [5, 5.41) is 12.3. The highest BCUT2D eigenvalue weighted by molar-refractivity contribution is 7.88. The van der Waals surface area contributed by atoms with Gasteiger partial charge in [0.2, 0.25) is 27.6 Å². The minimum Gasteiger partial charge on any atom is -0.477 e. The molecule has 1 aliphatic carbocycles. The summed E-state index contributed by atoms with van der Waals surface area (Å²) in [7, 11) is -3.75. The fourth-order valence-electron chi connectivity index (χ4n) is 6.28. The van der Waals surface area contributed by atoms with Gasteiger partial charge in [-0.05, 0) is 56.9 Å². The molecule has 5 rings (SSSR count). The standard InChI is InChI=1S/C28H35N5O7S2/c1-16-25(28(37)38)41-27(30-16)24(35)23(18-7-9-19(29)10-8-18)31-26(36)21-12-11-20-13-32(14-22(34)33(20)21)42(39,40)15-17-5-3-2-4-6-17/h2-6,18-21,23H,7-15,29H2,1H3,(H,31,36)(H,37,38)/t18?,19?,20-,21-,23-/m0/s1. The van der Waals surface area contributed by atoms with Crippen LogP contribution in [-0.2, 0) is 25.4 Å². The Bertz CT molecular complexity index is 1470. The first-order chi connectivity index (χ1) is 19.9. The van der Waals surface area contributed by atoms with E-state index in [1.54, 1.807) is 30.3 Å². The van der Waals surface area contributed by atoms with Crippen LogP contribution in [0.2, 0.25) is 0 Å². The third-order valence-corrected chi connectivity index (χ3v) is 11.4. The zero-order valence-electron chi connectivity index (χ0n) is 23.3. The van der Waals surface area contributed by atoms with Gasteiger partial charge in [-0.3, -0.25) is 14.4 Å². The first kappa shape index (κ1) is 30.3. The molecule has 226 valence electrons. The molecule has 1 aromatic heterocycles. The van der Waals surface area contributed by atoms with Gasteiger partial charge >= 0.3 is 5.97 Å². The number of carboxylic acid groups (broad SMARTS) is 1. The molecule has 2 aliphatic heterocycles. The number of carboxylic acids is 1. The molecule has 4 N–H and O–H groups in total. The van der Waals surface area contributed by atoms with Gasteiger partial charge in [0.05, 0.1) is 24.0 Å². The molecule has 2 amide bonds. The number of aryl methyl sites for hydroxylation is 1. The van der Waals surface area contributed by atoms with Crippen LogP contribution in [0.25, 0.3) is 0 Å². The van der Waals surface area contributed by atoms with Crippen LogP contribution in [0.4, 0.5) is 0 Å². The molecule has 0 spiro atoms. The van der Waals surface area contributed by atoms with Crippen molar-refractivity contribution < 1.29 is 32.7 Å². The molecule has 2 aromatic rings. The van der Waals surface area contributed by atoms with Crippen LogP contribution >= 0.6 is 11.3 Å². The van der Waals surface area contributed by atoms with E-state index in [0.29, 0.717) is 44.1 Å². The molecule has 1 aromatic carbocycles. The lowest BCUT2D eigenvalue weighted by Gasteiger charge is -2.39. The number of nitrogens with two attached hydrogens (primary N) is 1. The second-order valence-electron chi connectivity index (χ2n) is 11.3. The molecule has 14 heteroatoms. The largest absolute Gasteiger partial charge is 0.477 e. The van der Waals surface area contributed by atoms with Gasteiger partial charge in [0, 0.05) is 18.6 Å². The lowest BCUT2D eigenvalue weighted by molar-refractivity contribution is -0.143. The summed E-state index contributed by atoms with van der Waals surface area (Å²) in [6.45, 7) is 1.27. The Labute approximate surface area is 248 Å². The van der Waals surface area contributed by atoms with E-state index in [4.69, 9.17) is 5.73 Å². The van der Waals surface area contributed by atoms with Crippen LogP contribution in [0, 0.1) is 12.8 Å². The van der Waals surface area contributed by atoms with Crippen LogP contribution in [0.1, 0.15) is 69.3 Å². The number of aromatic carboxylic acids is 1. The number of rotatable bonds is 9. The van der Waals surface area contributed by atoms with Crippen LogP contribution in [0.15, 0.2) is 30.3 Å². The smallest absolute Gasteiger partial charge is 0.347 e. The quantitative estimate of drug-likeness (QED) is 0.352. The van der Waals surface area contributed by atoms with Gasteiger partial charge < -0.3 is 21.1 Å². The Morgan fingerprint density at radius 3 is 2.45 bits per heavy atom. The molecule has 3 aliphatic rings. The summed E-state index contributed by atoms with van der Waals surface area (Å²) in [4.78, 5) is 57.8. The molecule has 2 saturated heterocycles. The zero-order valence-corrected chi connectivity index (χ0v) is 24.9. The van der Waals surface area contributed by atoms with Gasteiger partial charge in [-0.25, -0.2) is 18.2 Å². The number of hydrogen-bond acceptors (Lipinski definition) is 9. The van der Waals surface area contributed by atoms with Crippen molar-refractivity contribution in [2.75, 3.05) is 13.1 Å². The third kappa shape index (κ3) is 6.26. The number of nitrogens with zero attached hydrogens (tertiary/aromatic N) is 3. The van der Waals surface area contributed by atoms with Gasteiger partial charge in [0.15, 0.2) is 5.01 Å². The predicted octanol–water partition coefficient (Wildman–Crippen LogP) is 1.54. The van der Waals surface area contributed by atoms with Crippen LogP contribution in [-0.4, -0.2) is 88.5 Å². The number of sulfonamides is 1. The summed E-state index contributed by atoms with van der Waals surface area (Å²) < 4.78 is 27.4. The van der Waals surface area contributed by atoms with Gasteiger partial charge in [0.1, 0.15) is 10.9 Å². The molecule has 0 unspecified atom stereocenters. The maximum Gasteiger partial charge on any atom is 0.347 e. The van der Waals surface area contributed by atoms with Gasteiger partial charge in [0.25, 0.3) is 0 Å². The molecule has 0 bridgehead atoms. The lowest BCUT2D eigenvalue weighted by atomic mass is 9.80. The third-order valence-electron chi connectivity index (χ3n) is 8.47. The maximum absolute atomic E-state index is 13.7. The van der Waals surface area contributed by atoms with Crippen molar-refractivity contribution in [2.24, 2.45) is 11.7 Å². The average Bonchev–Trinajstić information content (AvgIpc) is 3.56.